The van der Waals surface area contributed by atoms with Gasteiger partial charge in [0.2, 0.25) is 5.91 Å². The lowest BCUT2D eigenvalue weighted by atomic mass is 9.89. The molecule has 1 unspecified atom stereocenters. The number of nitrogens with two attached hydrogens (primary N) is 1. The quantitative estimate of drug-likeness (QED) is 0.808. The zero-order chi connectivity index (χ0) is 20.4. The van der Waals surface area contributed by atoms with Crippen molar-refractivity contribution in [3.8, 4) is 0 Å². The Kier molecular flexibility index (Phi) is 7.37. The number of nitrogens with zero attached hydrogens (tertiary/aromatic N) is 2. The molecule has 2 aliphatic heterocycles. The third kappa shape index (κ3) is 4.62. The Bertz CT molecular complexity index is 880. The smallest absolute Gasteiger partial charge is 0.254 e. The van der Waals surface area contributed by atoms with Crippen LogP contribution in [-0.2, 0) is 4.79 Å². The molecular weight excluding hydrogens is 398 g/mol. The second kappa shape index (κ2) is 9.80. The summed E-state index contributed by atoms with van der Waals surface area (Å²) in [6.07, 6.45) is 3.51. The molecule has 2 aromatic carbocycles. The van der Waals surface area contributed by atoms with Gasteiger partial charge in [0.1, 0.15) is 0 Å². The largest absolute Gasteiger partial charge is 0.342 e. The summed E-state index contributed by atoms with van der Waals surface area (Å²) in [4.78, 5) is 30.0. The zero-order valence-electron chi connectivity index (χ0n) is 17.6. The van der Waals surface area contributed by atoms with Crippen molar-refractivity contribution in [2.75, 3.05) is 26.2 Å². The molecule has 2 aliphatic rings. The summed E-state index contributed by atoms with van der Waals surface area (Å²) in [5.41, 5.74) is 6.77. The molecule has 2 aromatic rings. The molecule has 0 aliphatic carbocycles. The summed E-state index contributed by atoms with van der Waals surface area (Å²) in [5, 5.41) is 2.08. The minimum atomic E-state index is 0. The summed E-state index contributed by atoms with van der Waals surface area (Å²) in [7, 11) is 0. The predicted octanol–water partition coefficient (Wildman–Crippen LogP) is 3.70. The van der Waals surface area contributed by atoms with Gasteiger partial charge in [0, 0.05) is 43.7 Å². The van der Waals surface area contributed by atoms with Crippen LogP contribution in [0.15, 0.2) is 42.5 Å². The fraction of sp³-hybridized carbons (Fsp3) is 0.500. The number of benzene rings is 2. The highest BCUT2D eigenvalue weighted by Gasteiger charge is 2.33. The topological polar surface area (TPSA) is 66.6 Å². The molecule has 162 valence electrons. The number of likely N-dealkylation sites (tertiary alicyclic amines) is 2. The van der Waals surface area contributed by atoms with Gasteiger partial charge >= 0.3 is 0 Å². The van der Waals surface area contributed by atoms with E-state index in [1.54, 1.807) is 0 Å². The molecule has 2 saturated heterocycles. The Labute approximate surface area is 185 Å². The summed E-state index contributed by atoms with van der Waals surface area (Å²) in [5.74, 6) is 0.911. The highest BCUT2D eigenvalue weighted by atomic mass is 35.5. The number of fused-ring (bicyclic) bond motifs is 1. The molecule has 2 N–H and O–H groups in total. The van der Waals surface area contributed by atoms with Gasteiger partial charge in [0.05, 0.1) is 0 Å². The van der Waals surface area contributed by atoms with Crippen molar-refractivity contribution >= 4 is 35.0 Å². The maximum atomic E-state index is 13.1. The number of hydrogen-bond donors (Lipinski definition) is 1. The molecule has 4 rings (SSSR count). The minimum Gasteiger partial charge on any atom is -0.342 e. The van der Waals surface area contributed by atoms with E-state index in [9.17, 15) is 9.59 Å². The van der Waals surface area contributed by atoms with E-state index < -0.39 is 0 Å². The van der Waals surface area contributed by atoms with Crippen molar-refractivity contribution in [1.29, 1.82) is 0 Å². The average molecular weight is 430 g/mol. The maximum Gasteiger partial charge on any atom is 0.254 e. The molecule has 0 radical (unpaired) electrons. The van der Waals surface area contributed by atoms with Crippen molar-refractivity contribution in [2.45, 2.75) is 38.6 Å². The van der Waals surface area contributed by atoms with Gasteiger partial charge in [-0.3, -0.25) is 9.59 Å². The third-order valence-electron chi connectivity index (χ3n) is 6.75. The van der Waals surface area contributed by atoms with Crippen molar-refractivity contribution < 1.29 is 9.59 Å². The molecule has 0 aromatic heterocycles. The lowest BCUT2D eigenvalue weighted by Crippen LogP contribution is -2.48. The average Bonchev–Trinajstić information content (AvgIpc) is 2.78. The van der Waals surface area contributed by atoms with Crippen molar-refractivity contribution in [2.24, 2.45) is 17.6 Å². The number of carbonyl (C=O) groups excluding carboxylic acids is 2. The summed E-state index contributed by atoms with van der Waals surface area (Å²) >= 11 is 0. The van der Waals surface area contributed by atoms with Crippen LogP contribution >= 0.6 is 12.4 Å². The standard InChI is InChI=1S/C24H31N3O2.ClH/c1-17(25)18-9-13-26(14-10-18)23(28)20-11-15-27(16-12-20)24(29)22-8-4-6-19-5-2-3-7-21(19)22;/h2-8,17-18,20H,9-16,25H2,1H3;1H. The third-order valence-corrected chi connectivity index (χ3v) is 6.75. The summed E-state index contributed by atoms with van der Waals surface area (Å²) < 4.78 is 0. The van der Waals surface area contributed by atoms with Crippen molar-refractivity contribution in [1.82, 2.24) is 9.80 Å². The van der Waals surface area contributed by atoms with Gasteiger partial charge in [0.25, 0.3) is 5.91 Å². The number of rotatable bonds is 3. The second-order valence-electron chi connectivity index (χ2n) is 8.62. The molecule has 2 amide bonds. The van der Waals surface area contributed by atoms with E-state index in [0.29, 0.717) is 19.0 Å². The van der Waals surface area contributed by atoms with E-state index >= 15 is 0 Å². The van der Waals surface area contributed by atoms with Crippen LogP contribution in [0.3, 0.4) is 0 Å². The van der Waals surface area contributed by atoms with Crippen LogP contribution in [0.4, 0.5) is 0 Å². The molecule has 5 nitrogen and oxygen atoms in total. The Morgan fingerprint density at radius 1 is 0.900 bits per heavy atom. The van der Waals surface area contributed by atoms with Crippen LogP contribution in [0.25, 0.3) is 10.8 Å². The van der Waals surface area contributed by atoms with Crippen LogP contribution in [0, 0.1) is 11.8 Å². The van der Waals surface area contributed by atoms with E-state index in [0.717, 1.165) is 55.1 Å². The monoisotopic (exact) mass is 429 g/mol. The normalized spacial score (nSPS) is 19.4. The number of piperidine rings is 2. The van der Waals surface area contributed by atoms with Crippen molar-refractivity contribution in [3.05, 3.63) is 48.0 Å². The molecule has 0 spiro atoms. The Morgan fingerprint density at radius 3 is 2.17 bits per heavy atom. The molecular formula is C24H32ClN3O2. The fourth-order valence-corrected chi connectivity index (χ4v) is 4.82. The molecule has 0 saturated carbocycles. The SMILES string of the molecule is CC(N)C1CCN(C(=O)C2CCN(C(=O)c3cccc4ccccc34)CC2)CC1.Cl. The highest BCUT2D eigenvalue weighted by Crippen LogP contribution is 2.27. The first-order valence-electron chi connectivity index (χ1n) is 10.9. The molecule has 1 atom stereocenters. The van der Waals surface area contributed by atoms with Crippen LogP contribution in [0.5, 0.6) is 0 Å². The number of hydrogen-bond acceptors (Lipinski definition) is 3. The highest BCUT2D eigenvalue weighted by molar-refractivity contribution is 6.07. The fourth-order valence-electron chi connectivity index (χ4n) is 4.82. The number of carbonyl (C=O) groups is 2. The summed E-state index contributed by atoms with van der Waals surface area (Å²) in [6.45, 7) is 4.99. The first kappa shape index (κ1) is 22.6. The number of amides is 2. The minimum absolute atomic E-state index is 0. The van der Waals surface area contributed by atoms with Gasteiger partial charge in [-0.25, -0.2) is 0 Å². The zero-order valence-corrected chi connectivity index (χ0v) is 18.4. The van der Waals surface area contributed by atoms with E-state index in [1.807, 2.05) is 52.3 Å². The number of halogens is 1. The van der Waals surface area contributed by atoms with Crippen LogP contribution in [-0.4, -0.2) is 53.8 Å². The van der Waals surface area contributed by atoms with Gasteiger partial charge in [-0.2, -0.15) is 0 Å². The first-order chi connectivity index (χ1) is 14.0. The lowest BCUT2D eigenvalue weighted by Gasteiger charge is -2.38. The van der Waals surface area contributed by atoms with Gasteiger partial charge in [-0.15, -0.1) is 12.4 Å². The van der Waals surface area contributed by atoms with E-state index in [4.69, 9.17) is 5.73 Å². The van der Waals surface area contributed by atoms with Crippen LogP contribution in [0.1, 0.15) is 43.0 Å². The van der Waals surface area contributed by atoms with Crippen LogP contribution < -0.4 is 5.73 Å². The van der Waals surface area contributed by atoms with Gasteiger partial charge in [0.15, 0.2) is 0 Å². The van der Waals surface area contributed by atoms with Gasteiger partial charge < -0.3 is 15.5 Å². The van der Waals surface area contributed by atoms with Gasteiger partial charge in [-0.1, -0.05) is 36.4 Å². The van der Waals surface area contributed by atoms with Crippen molar-refractivity contribution in [3.63, 3.8) is 0 Å². The molecule has 2 heterocycles. The predicted molar refractivity (Wildman–Crippen MR) is 123 cm³/mol. The molecule has 6 heteroatoms. The van der Waals surface area contributed by atoms with Crippen LogP contribution in [0.2, 0.25) is 0 Å². The summed E-state index contributed by atoms with van der Waals surface area (Å²) in [6, 6.07) is 14.1. The first-order valence-corrected chi connectivity index (χ1v) is 10.9. The lowest BCUT2D eigenvalue weighted by molar-refractivity contribution is -0.138. The van der Waals surface area contributed by atoms with E-state index in [-0.39, 0.29) is 36.2 Å². The maximum absolute atomic E-state index is 13.1. The Balaban J connectivity index is 0.00000256. The molecule has 30 heavy (non-hydrogen) atoms. The molecule has 2 fully saturated rings. The van der Waals surface area contributed by atoms with E-state index in [1.165, 1.54) is 0 Å². The van der Waals surface area contributed by atoms with E-state index in [2.05, 4.69) is 6.92 Å². The Hall–Kier alpha value is -2.11. The molecule has 0 bridgehead atoms. The second-order valence-corrected chi connectivity index (χ2v) is 8.62. The van der Waals surface area contributed by atoms with Gasteiger partial charge in [-0.05, 0) is 55.4 Å². The Morgan fingerprint density at radius 2 is 1.50 bits per heavy atom.